The van der Waals surface area contributed by atoms with Gasteiger partial charge in [0.1, 0.15) is 0 Å². The average Bonchev–Trinajstić information content (AvgIpc) is 2.37. The van der Waals surface area contributed by atoms with E-state index in [0.717, 1.165) is 23.8 Å². The highest BCUT2D eigenvalue weighted by Gasteiger charge is 2.34. The average molecular weight is 268 g/mol. The lowest BCUT2D eigenvalue weighted by atomic mass is 9.78. The summed E-state index contributed by atoms with van der Waals surface area (Å²) in [6.07, 6.45) is 5.50. The molecule has 2 nitrogen and oxygen atoms in total. The van der Waals surface area contributed by atoms with Crippen LogP contribution >= 0.6 is 0 Å². The van der Waals surface area contributed by atoms with Crippen LogP contribution in [0.2, 0.25) is 0 Å². The van der Waals surface area contributed by atoms with Crippen molar-refractivity contribution in [3.63, 3.8) is 0 Å². The molecule has 0 heterocycles. The summed E-state index contributed by atoms with van der Waals surface area (Å²) >= 11 is 0. The third-order valence-corrected chi connectivity index (χ3v) is 4.86. The van der Waals surface area contributed by atoms with Gasteiger partial charge in [0.15, 0.2) is 0 Å². The first kappa shape index (κ1) is 17.0. The quantitative estimate of drug-likeness (QED) is 0.649. The van der Waals surface area contributed by atoms with E-state index in [1.807, 2.05) is 0 Å². The Kier molecular flexibility index (Phi) is 8.01. The predicted octanol–water partition coefficient (Wildman–Crippen LogP) is 3.77. The number of rotatable bonds is 10. The van der Waals surface area contributed by atoms with Crippen molar-refractivity contribution in [2.24, 2.45) is 17.8 Å². The van der Waals surface area contributed by atoms with Gasteiger partial charge in [0, 0.05) is 12.6 Å². The van der Waals surface area contributed by atoms with E-state index in [1.54, 1.807) is 0 Å². The number of nitrogens with zero attached hydrogens (tertiary/aromatic N) is 1. The molecule has 1 saturated carbocycles. The highest BCUT2D eigenvalue weighted by molar-refractivity contribution is 4.90. The maximum Gasteiger partial charge on any atom is 0.0136 e. The van der Waals surface area contributed by atoms with Gasteiger partial charge in [-0.1, -0.05) is 47.5 Å². The van der Waals surface area contributed by atoms with Crippen molar-refractivity contribution < 1.29 is 0 Å². The summed E-state index contributed by atoms with van der Waals surface area (Å²) in [5.41, 5.74) is 0. The van der Waals surface area contributed by atoms with Crippen molar-refractivity contribution in [2.75, 3.05) is 26.2 Å². The van der Waals surface area contributed by atoms with Gasteiger partial charge >= 0.3 is 0 Å². The van der Waals surface area contributed by atoms with E-state index in [4.69, 9.17) is 0 Å². The summed E-state index contributed by atoms with van der Waals surface area (Å²) in [5.74, 6) is 2.56. The van der Waals surface area contributed by atoms with Crippen LogP contribution in [0.3, 0.4) is 0 Å². The molecule has 0 aromatic heterocycles. The van der Waals surface area contributed by atoms with Gasteiger partial charge in [0.05, 0.1) is 0 Å². The lowest BCUT2D eigenvalue weighted by Crippen LogP contribution is -2.51. The van der Waals surface area contributed by atoms with E-state index in [0.29, 0.717) is 0 Å². The molecule has 114 valence electrons. The van der Waals surface area contributed by atoms with Crippen LogP contribution < -0.4 is 5.32 Å². The summed E-state index contributed by atoms with van der Waals surface area (Å²) in [6, 6.07) is 0.852. The van der Waals surface area contributed by atoms with Crippen molar-refractivity contribution >= 4 is 0 Å². The molecule has 2 unspecified atom stereocenters. The van der Waals surface area contributed by atoms with Gasteiger partial charge in [-0.25, -0.2) is 0 Å². The normalized spacial score (nSPS) is 23.4. The Morgan fingerprint density at radius 2 is 1.79 bits per heavy atom. The van der Waals surface area contributed by atoms with Crippen LogP contribution in [0.5, 0.6) is 0 Å². The van der Waals surface area contributed by atoms with Gasteiger partial charge in [-0.3, -0.25) is 0 Å². The van der Waals surface area contributed by atoms with E-state index < -0.39 is 0 Å². The second-order valence-corrected chi connectivity index (χ2v) is 6.73. The zero-order chi connectivity index (χ0) is 14.3. The molecule has 0 amide bonds. The first-order chi connectivity index (χ1) is 9.12. The van der Waals surface area contributed by atoms with Crippen LogP contribution in [0.4, 0.5) is 0 Å². The Balaban J connectivity index is 2.34. The molecule has 1 rings (SSSR count). The van der Waals surface area contributed by atoms with Gasteiger partial charge in [-0.05, 0) is 50.2 Å². The number of hydrogen-bond donors (Lipinski definition) is 1. The molecule has 2 atom stereocenters. The molecule has 0 aliphatic heterocycles. The van der Waals surface area contributed by atoms with E-state index in [1.165, 1.54) is 51.9 Å². The fourth-order valence-electron chi connectivity index (χ4n) is 3.21. The minimum Gasteiger partial charge on any atom is -0.316 e. The van der Waals surface area contributed by atoms with Crippen LogP contribution in [0, 0.1) is 17.8 Å². The maximum absolute atomic E-state index is 3.65. The third kappa shape index (κ3) is 5.43. The Morgan fingerprint density at radius 3 is 2.21 bits per heavy atom. The Bertz CT molecular complexity index is 223. The Labute approximate surface area is 121 Å². The highest BCUT2D eigenvalue weighted by atomic mass is 15.2. The van der Waals surface area contributed by atoms with Crippen LogP contribution in [0.15, 0.2) is 0 Å². The maximum atomic E-state index is 3.65. The molecule has 1 aliphatic carbocycles. The predicted molar refractivity (Wildman–Crippen MR) is 85.5 cm³/mol. The summed E-state index contributed by atoms with van der Waals surface area (Å²) in [7, 11) is 0. The van der Waals surface area contributed by atoms with E-state index in [-0.39, 0.29) is 0 Å². The van der Waals surface area contributed by atoms with Gasteiger partial charge in [-0.15, -0.1) is 0 Å². The van der Waals surface area contributed by atoms with Crippen molar-refractivity contribution in [1.82, 2.24) is 10.2 Å². The molecule has 2 heteroatoms. The van der Waals surface area contributed by atoms with Gasteiger partial charge in [-0.2, -0.15) is 0 Å². The molecular formula is C17H36N2. The van der Waals surface area contributed by atoms with E-state index in [2.05, 4.69) is 44.8 Å². The lowest BCUT2D eigenvalue weighted by molar-refractivity contribution is 0.0517. The number of nitrogens with one attached hydrogen (secondary N) is 1. The molecule has 19 heavy (non-hydrogen) atoms. The second-order valence-electron chi connectivity index (χ2n) is 6.73. The zero-order valence-electron chi connectivity index (χ0n) is 13.9. The topological polar surface area (TPSA) is 15.3 Å². The van der Waals surface area contributed by atoms with Crippen LogP contribution in [0.1, 0.15) is 60.3 Å². The molecule has 0 aromatic carbocycles. The number of hydrogen-bond acceptors (Lipinski definition) is 2. The van der Waals surface area contributed by atoms with Crippen LogP contribution in [-0.2, 0) is 0 Å². The van der Waals surface area contributed by atoms with Crippen molar-refractivity contribution in [1.29, 1.82) is 0 Å². The van der Waals surface area contributed by atoms with Gasteiger partial charge in [0.25, 0.3) is 0 Å². The smallest absolute Gasteiger partial charge is 0.0136 e. The summed E-state index contributed by atoms with van der Waals surface area (Å²) in [4.78, 5) is 2.75. The van der Waals surface area contributed by atoms with Crippen molar-refractivity contribution in [3.8, 4) is 0 Å². The fraction of sp³-hybridized carbons (Fsp3) is 1.00. The Hall–Kier alpha value is -0.0800. The van der Waals surface area contributed by atoms with Crippen molar-refractivity contribution in [2.45, 2.75) is 66.3 Å². The zero-order valence-corrected chi connectivity index (χ0v) is 13.9. The van der Waals surface area contributed by atoms with E-state index >= 15 is 0 Å². The minimum absolute atomic E-state index is 0.769. The molecule has 0 bridgehead atoms. The van der Waals surface area contributed by atoms with Gasteiger partial charge < -0.3 is 10.2 Å². The summed E-state index contributed by atoms with van der Waals surface area (Å²) < 4.78 is 0. The standard InChI is InChI=1S/C17H36N2/c1-6-15(7-2)13-19(8-3)17-10-9-16(17)12-18-11-14(4)5/h14-18H,6-13H2,1-5H3. The summed E-state index contributed by atoms with van der Waals surface area (Å²) in [6.45, 7) is 16.5. The third-order valence-electron chi connectivity index (χ3n) is 4.86. The highest BCUT2D eigenvalue weighted by Crippen LogP contribution is 2.32. The van der Waals surface area contributed by atoms with Gasteiger partial charge in [0.2, 0.25) is 0 Å². The van der Waals surface area contributed by atoms with E-state index in [9.17, 15) is 0 Å². The molecule has 0 aromatic rings. The Morgan fingerprint density at radius 1 is 1.11 bits per heavy atom. The molecule has 1 N–H and O–H groups in total. The fourth-order valence-corrected chi connectivity index (χ4v) is 3.21. The molecule has 1 aliphatic rings. The second kappa shape index (κ2) is 8.97. The minimum atomic E-state index is 0.769. The van der Waals surface area contributed by atoms with Crippen LogP contribution in [-0.4, -0.2) is 37.1 Å². The molecule has 0 radical (unpaired) electrons. The SMILES string of the molecule is CCC(CC)CN(CC)C1CCC1CNCC(C)C. The first-order valence-corrected chi connectivity index (χ1v) is 8.56. The molecular weight excluding hydrogens is 232 g/mol. The largest absolute Gasteiger partial charge is 0.316 e. The van der Waals surface area contributed by atoms with Crippen LogP contribution in [0.25, 0.3) is 0 Å². The molecule has 0 saturated heterocycles. The monoisotopic (exact) mass is 268 g/mol. The lowest BCUT2D eigenvalue weighted by Gasteiger charge is -2.45. The summed E-state index contributed by atoms with van der Waals surface area (Å²) in [5, 5.41) is 3.65. The molecule has 0 spiro atoms. The first-order valence-electron chi connectivity index (χ1n) is 8.56. The molecule has 1 fully saturated rings. The van der Waals surface area contributed by atoms with Crippen molar-refractivity contribution in [3.05, 3.63) is 0 Å².